The average Bonchev–Trinajstić information content (AvgIpc) is 2.92. The fourth-order valence-corrected chi connectivity index (χ4v) is 4.07. The number of benzene rings is 1. The van der Waals surface area contributed by atoms with E-state index in [0.29, 0.717) is 0 Å². The molecular formula is C18H20BrNOS. The van der Waals surface area contributed by atoms with Crippen molar-refractivity contribution in [3.8, 4) is 0 Å². The van der Waals surface area contributed by atoms with E-state index in [1.54, 1.807) is 11.3 Å². The molecule has 0 spiro atoms. The molecule has 1 saturated carbocycles. The van der Waals surface area contributed by atoms with Gasteiger partial charge in [-0.3, -0.25) is 4.79 Å². The van der Waals surface area contributed by atoms with E-state index in [4.69, 9.17) is 0 Å². The van der Waals surface area contributed by atoms with E-state index < -0.39 is 0 Å². The van der Waals surface area contributed by atoms with Crippen LogP contribution in [0.5, 0.6) is 0 Å². The Bertz CT molecular complexity index is 632. The number of rotatable bonds is 5. The first-order valence-corrected chi connectivity index (χ1v) is 9.42. The van der Waals surface area contributed by atoms with Crippen molar-refractivity contribution in [1.29, 1.82) is 0 Å². The van der Waals surface area contributed by atoms with Gasteiger partial charge in [0.2, 0.25) is 5.91 Å². The van der Waals surface area contributed by atoms with Gasteiger partial charge in [-0.2, -0.15) is 11.3 Å². The van der Waals surface area contributed by atoms with E-state index in [9.17, 15) is 4.79 Å². The molecular weight excluding hydrogens is 358 g/mol. The molecule has 1 fully saturated rings. The Hall–Kier alpha value is -1.13. The van der Waals surface area contributed by atoms with E-state index >= 15 is 0 Å². The molecule has 1 aromatic carbocycles. The topological polar surface area (TPSA) is 29.1 Å². The summed E-state index contributed by atoms with van der Waals surface area (Å²) in [6.07, 6.45) is 3.92. The minimum Gasteiger partial charge on any atom is -0.353 e. The minimum absolute atomic E-state index is 0.162. The second kappa shape index (κ2) is 6.55. The summed E-state index contributed by atoms with van der Waals surface area (Å²) < 4.78 is 1.05. The van der Waals surface area contributed by atoms with Gasteiger partial charge in [0.25, 0.3) is 0 Å². The average molecular weight is 378 g/mol. The van der Waals surface area contributed by atoms with Crippen molar-refractivity contribution in [3.63, 3.8) is 0 Å². The largest absolute Gasteiger partial charge is 0.353 e. The number of halogens is 1. The molecule has 1 amide bonds. The maximum absolute atomic E-state index is 12.9. The third-order valence-corrected chi connectivity index (χ3v) is 5.80. The van der Waals surface area contributed by atoms with Crippen LogP contribution in [0, 0.1) is 0 Å². The molecule has 0 bridgehead atoms. The van der Waals surface area contributed by atoms with Crippen LogP contribution in [0.1, 0.15) is 37.3 Å². The highest BCUT2D eigenvalue weighted by molar-refractivity contribution is 9.10. The van der Waals surface area contributed by atoms with E-state index in [1.807, 2.05) is 12.1 Å². The smallest absolute Gasteiger partial charge is 0.230 e. The zero-order chi connectivity index (χ0) is 15.6. The summed E-state index contributed by atoms with van der Waals surface area (Å²) in [5.74, 6) is 0.184. The van der Waals surface area contributed by atoms with Crippen molar-refractivity contribution in [2.75, 3.05) is 0 Å². The summed E-state index contributed by atoms with van der Waals surface area (Å²) in [4.78, 5) is 12.9. The zero-order valence-corrected chi connectivity index (χ0v) is 15.0. The van der Waals surface area contributed by atoms with E-state index in [2.05, 4.69) is 57.1 Å². The van der Waals surface area contributed by atoms with Crippen LogP contribution in [0.3, 0.4) is 0 Å². The maximum atomic E-state index is 12.9. The van der Waals surface area contributed by atoms with Gasteiger partial charge >= 0.3 is 0 Å². The van der Waals surface area contributed by atoms with Crippen LogP contribution in [-0.4, -0.2) is 11.9 Å². The Labute approximate surface area is 144 Å². The molecule has 3 rings (SSSR count). The maximum Gasteiger partial charge on any atom is 0.230 e. The number of hydrogen-bond acceptors (Lipinski definition) is 2. The van der Waals surface area contributed by atoms with Crippen molar-refractivity contribution in [3.05, 3.63) is 56.7 Å². The van der Waals surface area contributed by atoms with E-state index in [1.165, 1.54) is 5.56 Å². The lowest BCUT2D eigenvalue weighted by molar-refractivity contribution is -0.130. The summed E-state index contributed by atoms with van der Waals surface area (Å²) in [6.45, 7) is 2.09. The summed E-state index contributed by atoms with van der Waals surface area (Å²) in [5.41, 5.74) is 2.12. The normalized spacial score (nSPS) is 17.5. The monoisotopic (exact) mass is 377 g/mol. The van der Waals surface area contributed by atoms with Crippen LogP contribution < -0.4 is 5.32 Å². The highest BCUT2D eigenvalue weighted by atomic mass is 79.9. The van der Waals surface area contributed by atoms with Crippen molar-refractivity contribution in [2.24, 2.45) is 0 Å². The summed E-state index contributed by atoms with van der Waals surface area (Å²) in [7, 11) is 0. The number of nitrogens with one attached hydrogen (secondary N) is 1. The Balaban J connectivity index is 1.70. The summed E-state index contributed by atoms with van der Waals surface area (Å²) in [6, 6.07) is 10.5. The molecule has 22 heavy (non-hydrogen) atoms. The Morgan fingerprint density at radius 1 is 1.32 bits per heavy atom. The van der Waals surface area contributed by atoms with Gasteiger partial charge in [-0.1, -0.05) is 34.5 Å². The molecule has 1 atom stereocenters. The van der Waals surface area contributed by atoms with Crippen molar-refractivity contribution < 1.29 is 4.79 Å². The number of thiophene rings is 1. The van der Waals surface area contributed by atoms with Gasteiger partial charge in [0.15, 0.2) is 0 Å². The molecule has 4 heteroatoms. The lowest BCUT2D eigenvalue weighted by atomic mass is 9.63. The summed E-state index contributed by atoms with van der Waals surface area (Å²) in [5, 5.41) is 7.46. The van der Waals surface area contributed by atoms with Crippen molar-refractivity contribution in [2.45, 2.75) is 44.1 Å². The van der Waals surface area contributed by atoms with Gasteiger partial charge in [-0.15, -0.1) is 0 Å². The number of hydrogen-bond donors (Lipinski definition) is 1. The van der Waals surface area contributed by atoms with Crippen LogP contribution in [0.2, 0.25) is 0 Å². The van der Waals surface area contributed by atoms with E-state index in [0.717, 1.165) is 35.7 Å². The third kappa shape index (κ3) is 3.13. The Morgan fingerprint density at radius 2 is 2.05 bits per heavy atom. The van der Waals surface area contributed by atoms with Gasteiger partial charge in [-0.25, -0.2) is 0 Å². The first kappa shape index (κ1) is 15.8. The Kier molecular flexibility index (Phi) is 4.69. The highest BCUT2D eigenvalue weighted by Crippen LogP contribution is 2.44. The lowest BCUT2D eigenvalue weighted by Gasteiger charge is -2.41. The Morgan fingerprint density at radius 3 is 2.59 bits per heavy atom. The molecule has 0 radical (unpaired) electrons. The number of carbonyl (C=O) groups is 1. The van der Waals surface area contributed by atoms with Crippen LogP contribution in [0.4, 0.5) is 0 Å². The molecule has 1 N–H and O–H groups in total. The van der Waals surface area contributed by atoms with Gasteiger partial charge in [0.05, 0.1) is 5.41 Å². The molecule has 1 aliphatic carbocycles. The lowest BCUT2D eigenvalue weighted by Crippen LogP contribution is -2.51. The molecule has 2 nitrogen and oxygen atoms in total. The molecule has 0 aliphatic heterocycles. The zero-order valence-electron chi connectivity index (χ0n) is 12.6. The van der Waals surface area contributed by atoms with Crippen LogP contribution in [-0.2, 0) is 16.6 Å². The van der Waals surface area contributed by atoms with Crippen LogP contribution in [0.15, 0.2) is 45.6 Å². The molecule has 116 valence electrons. The highest BCUT2D eigenvalue weighted by Gasteiger charge is 2.45. The third-order valence-electron chi connectivity index (χ3n) is 4.54. The fourth-order valence-electron chi connectivity index (χ4n) is 3.12. The van der Waals surface area contributed by atoms with Gasteiger partial charge in [0.1, 0.15) is 0 Å². The number of carbonyl (C=O) groups excluding carboxylic acids is 1. The fraction of sp³-hybridized carbons (Fsp3) is 0.389. The predicted octanol–water partition coefficient (Wildman–Crippen LogP) is 4.68. The quantitative estimate of drug-likeness (QED) is 0.804. The summed E-state index contributed by atoms with van der Waals surface area (Å²) >= 11 is 5.17. The first-order valence-electron chi connectivity index (χ1n) is 7.68. The standard InChI is InChI=1S/C18H20BrNOS/c1-13(11-14-7-10-22-12-14)20-17(21)18(8-2-9-18)15-3-5-16(19)6-4-15/h3-7,10,12-13H,2,8-9,11H2,1H3,(H,20,21). The van der Waals surface area contributed by atoms with Crippen molar-refractivity contribution in [1.82, 2.24) is 5.32 Å². The second-order valence-electron chi connectivity index (χ2n) is 6.15. The molecule has 2 aromatic rings. The van der Waals surface area contributed by atoms with Crippen LogP contribution >= 0.6 is 27.3 Å². The molecule has 1 unspecified atom stereocenters. The predicted molar refractivity (Wildman–Crippen MR) is 95.3 cm³/mol. The van der Waals surface area contributed by atoms with Gasteiger partial charge in [0, 0.05) is 10.5 Å². The minimum atomic E-state index is -0.316. The van der Waals surface area contributed by atoms with Crippen molar-refractivity contribution >= 4 is 33.2 Å². The second-order valence-corrected chi connectivity index (χ2v) is 7.85. The number of amides is 1. The molecule has 0 saturated heterocycles. The molecule has 1 heterocycles. The molecule has 1 aromatic heterocycles. The molecule has 1 aliphatic rings. The van der Waals surface area contributed by atoms with Gasteiger partial charge < -0.3 is 5.32 Å². The van der Waals surface area contributed by atoms with Crippen LogP contribution in [0.25, 0.3) is 0 Å². The SMILES string of the molecule is CC(Cc1ccsc1)NC(=O)C1(c2ccc(Br)cc2)CCC1. The first-order chi connectivity index (χ1) is 10.6. The van der Waals surface area contributed by atoms with Gasteiger partial charge in [-0.05, 0) is 66.3 Å². The van der Waals surface area contributed by atoms with E-state index in [-0.39, 0.29) is 17.4 Å².